The molecule has 1 heteroatoms. The lowest BCUT2D eigenvalue weighted by atomic mass is 9.93. The molecule has 0 heterocycles. The van der Waals surface area contributed by atoms with Gasteiger partial charge in [0.05, 0.1) is 0 Å². The minimum atomic E-state index is 0.413. The van der Waals surface area contributed by atoms with Crippen molar-refractivity contribution in [2.75, 3.05) is 0 Å². The van der Waals surface area contributed by atoms with Gasteiger partial charge >= 0.3 is 0 Å². The second-order valence-electron chi connectivity index (χ2n) is 2.61. The van der Waals surface area contributed by atoms with E-state index in [1.165, 1.54) is 24.8 Å². The number of hydrogen-bond donors (Lipinski definition) is 1. The van der Waals surface area contributed by atoms with Crippen molar-refractivity contribution in [1.82, 2.24) is 0 Å². The Bertz CT molecular complexity index is 96.6. The van der Waals surface area contributed by atoms with Gasteiger partial charge < -0.3 is 5.73 Å². The third-order valence-electron chi connectivity index (χ3n) is 1.66. The van der Waals surface area contributed by atoms with E-state index >= 15 is 0 Å². The van der Waals surface area contributed by atoms with E-state index in [0.29, 0.717) is 6.04 Å². The van der Waals surface area contributed by atoms with Crippen molar-refractivity contribution in [2.45, 2.75) is 31.7 Å². The summed E-state index contributed by atoms with van der Waals surface area (Å²) < 4.78 is 0. The van der Waals surface area contributed by atoms with Gasteiger partial charge in [-0.25, -0.2) is 0 Å². The maximum atomic E-state index is 5.66. The maximum absolute atomic E-state index is 5.66. The predicted molar refractivity (Wildman–Crippen MR) is 35.6 cm³/mol. The van der Waals surface area contributed by atoms with Crippen LogP contribution in [0.2, 0.25) is 0 Å². The van der Waals surface area contributed by atoms with Gasteiger partial charge in [-0.3, -0.25) is 0 Å². The largest absolute Gasteiger partial charge is 0.327 e. The Hall–Kier alpha value is -0.300. The molecule has 1 rings (SSSR count). The van der Waals surface area contributed by atoms with Crippen LogP contribution in [-0.2, 0) is 0 Å². The van der Waals surface area contributed by atoms with Crippen molar-refractivity contribution < 1.29 is 0 Å². The van der Waals surface area contributed by atoms with Crippen LogP contribution in [0.3, 0.4) is 0 Å². The van der Waals surface area contributed by atoms with Gasteiger partial charge in [0, 0.05) is 6.04 Å². The lowest BCUT2D eigenvalue weighted by molar-refractivity contribution is 0.519. The van der Waals surface area contributed by atoms with Gasteiger partial charge in [0.25, 0.3) is 0 Å². The molecule has 0 amide bonds. The van der Waals surface area contributed by atoms with E-state index in [9.17, 15) is 0 Å². The van der Waals surface area contributed by atoms with E-state index in [-0.39, 0.29) is 0 Å². The van der Waals surface area contributed by atoms with Crippen LogP contribution in [-0.4, -0.2) is 6.04 Å². The van der Waals surface area contributed by atoms with Gasteiger partial charge in [0.15, 0.2) is 0 Å². The lowest BCUT2D eigenvalue weighted by Gasteiger charge is -2.18. The molecule has 1 unspecified atom stereocenters. The van der Waals surface area contributed by atoms with E-state index in [1.807, 2.05) is 0 Å². The molecular weight excluding hydrogens is 98.1 g/mol. The highest BCUT2D eigenvalue weighted by molar-refractivity contribution is 5.00. The molecule has 0 bridgehead atoms. The molecule has 0 saturated heterocycles. The minimum absolute atomic E-state index is 0.413. The Morgan fingerprint density at radius 2 is 2.38 bits per heavy atom. The van der Waals surface area contributed by atoms with Gasteiger partial charge in [0.1, 0.15) is 0 Å². The van der Waals surface area contributed by atoms with Gasteiger partial charge in [-0.2, -0.15) is 0 Å². The molecule has 0 aromatic rings. The molecular formula is C7H13N. The standard InChI is InChI=1S/C7H13N/c1-6-3-2-4-7(8)5-6/h7H,1-5,8H2. The fourth-order valence-corrected chi connectivity index (χ4v) is 1.19. The summed E-state index contributed by atoms with van der Waals surface area (Å²) in [5.74, 6) is 0. The topological polar surface area (TPSA) is 26.0 Å². The Kier molecular flexibility index (Phi) is 1.69. The smallest absolute Gasteiger partial charge is 0.00760 e. The highest BCUT2D eigenvalue weighted by Crippen LogP contribution is 2.19. The highest BCUT2D eigenvalue weighted by Gasteiger charge is 2.09. The molecule has 0 aromatic heterocycles. The van der Waals surface area contributed by atoms with Crippen LogP contribution in [0.1, 0.15) is 25.7 Å². The molecule has 1 saturated carbocycles. The van der Waals surface area contributed by atoms with Crippen molar-refractivity contribution in [3.8, 4) is 0 Å². The van der Waals surface area contributed by atoms with E-state index in [2.05, 4.69) is 6.58 Å². The molecule has 46 valence electrons. The van der Waals surface area contributed by atoms with Crippen LogP contribution in [0.4, 0.5) is 0 Å². The van der Waals surface area contributed by atoms with E-state index in [0.717, 1.165) is 6.42 Å². The van der Waals surface area contributed by atoms with Crippen LogP contribution in [0.15, 0.2) is 12.2 Å². The molecule has 1 atom stereocenters. The first-order chi connectivity index (χ1) is 3.79. The molecule has 0 aromatic carbocycles. The fraction of sp³-hybridized carbons (Fsp3) is 0.714. The summed E-state index contributed by atoms with van der Waals surface area (Å²) in [6.07, 6.45) is 4.70. The van der Waals surface area contributed by atoms with Gasteiger partial charge in [-0.05, 0) is 25.7 Å². The normalized spacial score (nSPS) is 30.6. The summed E-state index contributed by atoms with van der Waals surface area (Å²) in [6.45, 7) is 3.88. The average Bonchev–Trinajstić information content (AvgIpc) is 1.64. The van der Waals surface area contributed by atoms with Crippen molar-refractivity contribution in [3.05, 3.63) is 12.2 Å². The van der Waals surface area contributed by atoms with Crippen LogP contribution in [0, 0.1) is 0 Å². The minimum Gasteiger partial charge on any atom is -0.327 e. The Labute approximate surface area is 50.6 Å². The zero-order chi connectivity index (χ0) is 5.98. The molecule has 0 radical (unpaired) electrons. The molecule has 1 aliphatic rings. The SMILES string of the molecule is C=C1CCCC(N)C1. The Balaban J connectivity index is 2.34. The van der Waals surface area contributed by atoms with Crippen LogP contribution >= 0.6 is 0 Å². The zero-order valence-electron chi connectivity index (χ0n) is 5.19. The van der Waals surface area contributed by atoms with Crippen molar-refractivity contribution >= 4 is 0 Å². The molecule has 8 heavy (non-hydrogen) atoms. The van der Waals surface area contributed by atoms with Gasteiger partial charge in [0.2, 0.25) is 0 Å². The lowest BCUT2D eigenvalue weighted by Crippen LogP contribution is -2.23. The van der Waals surface area contributed by atoms with Gasteiger partial charge in [-0.15, -0.1) is 0 Å². The Morgan fingerprint density at radius 3 is 2.75 bits per heavy atom. The summed E-state index contributed by atoms with van der Waals surface area (Å²) in [5, 5.41) is 0. The summed E-state index contributed by atoms with van der Waals surface area (Å²) in [6, 6.07) is 0.413. The summed E-state index contributed by atoms with van der Waals surface area (Å²) in [4.78, 5) is 0. The number of hydrogen-bond acceptors (Lipinski definition) is 1. The third kappa shape index (κ3) is 1.34. The highest BCUT2D eigenvalue weighted by atomic mass is 14.6. The summed E-state index contributed by atoms with van der Waals surface area (Å²) in [7, 11) is 0. The molecule has 2 N–H and O–H groups in total. The van der Waals surface area contributed by atoms with Crippen LogP contribution < -0.4 is 5.73 Å². The average molecular weight is 111 g/mol. The van der Waals surface area contributed by atoms with Crippen molar-refractivity contribution in [2.24, 2.45) is 5.73 Å². The van der Waals surface area contributed by atoms with Crippen LogP contribution in [0.5, 0.6) is 0 Å². The first-order valence-corrected chi connectivity index (χ1v) is 3.21. The molecule has 1 nitrogen and oxygen atoms in total. The monoisotopic (exact) mass is 111 g/mol. The van der Waals surface area contributed by atoms with Crippen molar-refractivity contribution in [3.63, 3.8) is 0 Å². The molecule has 0 spiro atoms. The van der Waals surface area contributed by atoms with Gasteiger partial charge in [-0.1, -0.05) is 12.2 Å². The van der Waals surface area contributed by atoms with E-state index in [4.69, 9.17) is 5.73 Å². The van der Waals surface area contributed by atoms with Crippen LogP contribution in [0.25, 0.3) is 0 Å². The van der Waals surface area contributed by atoms with E-state index < -0.39 is 0 Å². The predicted octanol–water partition coefficient (Wildman–Crippen LogP) is 1.44. The molecule has 1 fully saturated rings. The quantitative estimate of drug-likeness (QED) is 0.470. The maximum Gasteiger partial charge on any atom is 0.00760 e. The first-order valence-electron chi connectivity index (χ1n) is 3.21. The zero-order valence-corrected chi connectivity index (χ0v) is 5.19. The second-order valence-corrected chi connectivity index (χ2v) is 2.61. The number of rotatable bonds is 0. The Morgan fingerprint density at radius 1 is 1.62 bits per heavy atom. The molecule has 0 aliphatic heterocycles. The molecule has 1 aliphatic carbocycles. The number of nitrogens with two attached hydrogens (primary N) is 1. The fourth-order valence-electron chi connectivity index (χ4n) is 1.19. The van der Waals surface area contributed by atoms with E-state index in [1.54, 1.807) is 0 Å². The third-order valence-corrected chi connectivity index (χ3v) is 1.66. The van der Waals surface area contributed by atoms with Crippen molar-refractivity contribution in [1.29, 1.82) is 0 Å². The summed E-state index contributed by atoms with van der Waals surface area (Å²) >= 11 is 0. The second kappa shape index (κ2) is 2.31. The first kappa shape index (κ1) is 5.83. The summed E-state index contributed by atoms with van der Waals surface area (Å²) in [5.41, 5.74) is 7.00.